The summed E-state index contributed by atoms with van der Waals surface area (Å²) in [6.45, 7) is 5.65. The quantitative estimate of drug-likeness (QED) is 0.712. The van der Waals surface area contributed by atoms with E-state index in [4.69, 9.17) is 5.11 Å². The van der Waals surface area contributed by atoms with Gasteiger partial charge in [-0.25, -0.2) is 9.18 Å². The van der Waals surface area contributed by atoms with Crippen molar-refractivity contribution in [2.45, 2.75) is 27.2 Å². The zero-order chi connectivity index (χ0) is 20.1. The van der Waals surface area contributed by atoms with Crippen molar-refractivity contribution < 1.29 is 23.9 Å². The minimum atomic E-state index is -1.25. The summed E-state index contributed by atoms with van der Waals surface area (Å²) >= 11 is 0. The molecule has 0 fully saturated rings. The van der Waals surface area contributed by atoms with Gasteiger partial charge in [-0.1, -0.05) is 13.8 Å². The molecule has 0 aromatic heterocycles. The van der Waals surface area contributed by atoms with Crippen LogP contribution in [0.5, 0.6) is 0 Å². The van der Waals surface area contributed by atoms with Crippen LogP contribution in [0.15, 0.2) is 36.4 Å². The van der Waals surface area contributed by atoms with Gasteiger partial charge in [0.25, 0.3) is 5.91 Å². The van der Waals surface area contributed by atoms with Gasteiger partial charge in [-0.2, -0.15) is 0 Å². The van der Waals surface area contributed by atoms with E-state index < -0.39 is 17.7 Å². The molecule has 0 saturated carbocycles. The summed E-state index contributed by atoms with van der Waals surface area (Å²) in [5.74, 6) is -2.50. The van der Waals surface area contributed by atoms with Crippen molar-refractivity contribution in [3.8, 4) is 0 Å². The number of hydrogen-bond acceptors (Lipinski definition) is 3. The highest BCUT2D eigenvalue weighted by Gasteiger charge is 2.14. The van der Waals surface area contributed by atoms with Gasteiger partial charge in [0.1, 0.15) is 5.82 Å². The van der Waals surface area contributed by atoms with Crippen LogP contribution >= 0.6 is 0 Å². The second-order valence-corrected chi connectivity index (χ2v) is 6.63. The summed E-state index contributed by atoms with van der Waals surface area (Å²) in [4.78, 5) is 35.0. The van der Waals surface area contributed by atoms with Crippen molar-refractivity contribution >= 4 is 29.2 Å². The van der Waals surface area contributed by atoms with E-state index in [0.717, 1.165) is 6.07 Å². The average molecular weight is 372 g/mol. The molecule has 2 aromatic rings. The normalized spacial score (nSPS) is 10.6. The van der Waals surface area contributed by atoms with E-state index in [-0.39, 0.29) is 28.6 Å². The molecular formula is C20H21FN2O4. The Bertz CT molecular complexity index is 894. The molecule has 0 atom stereocenters. The molecule has 6 nitrogen and oxygen atoms in total. The number of carboxylic acid groups (broad SMARTS) is 1. The Morgan fingerprint density at radius 2 is 1.63 bits per heavy atom. The molecule has 3 N–H and O–H groups in total. The molecule has 7 heteroatoms. The summed E-state index contributed by atoms with van der Waals surface area (Å²) < 4.78 is 14.0. The molecule has 142 valence electrons. The van der Waals surface area contributed by atoms with E-state index in [2.05, 4.69) is 10.6 Å². The Labute approximate surface area is 156 Å². The van der Waals surface area contributed by atoms with E-state index >= 15 is 0 Å². The molecule has 27 heavy (non-hydrogen) atoms. The van der Waals surface area contributed by atoms with Crippen molar-refractivity contribution in [2.24, 2.45) is 5.92 Å². The molecule has 0 saturated heterocycles. The molecule has 0 spiro atoms. The van der Waals surface area contributed by atoms with Crippen LogP contribution < -0.4 is 10.6 Å². The van der Waals surface area contributed by atoms with Gasteiger partial charge in [0.2, 0.25) is 5.91 Å². The van der Waals surface area contributed by atoms with Gasteiger partial charge in [0.05, 0.1) is 11.3 Å². The highest BCUT2D eigenvalue weighted by molar-refractivity contribution is 6.05. The van der Waals surface area contributed by atoms with E-state index in [9.17, 15) is 18.8 Å². The van der Waals surface area contributed by atoms with E-state index in [1.807, 2.05) is 13.8 Å². The standard InChI is InChI=1S/C20H21FN2O4/c1-11(2)8-18(24)22-16-6-4-13(9-12(16)3)19(25)23-17-7-5-14(20(26)27)10-15(17)21/h4-7,9-11H,8H2,1-3H3,(H,22,24)(H,23,25)(H,26,27). The van der Waals surface area contributed by atoms with Gasteiger partial charge >= 0.3 is 5.97 Å². The zero-order valence-corrected chi connectivity index (χ0v) is 15.3. The molecular weight excluding hydrogens is 351 g/mol. The second-order valence-electron chi connectivity index (χ2n) is 6.63. The van der Waals surface area contributed by atoms with Crippen LogP contribution in [0.25, 0.3) is 0 Å². The molecule has 0 aliphatic heterocycles. The van der Waals surface area contributed by atoms with Crippen LogP contribution in [-0.2, 0) is 4.79 Å². The highest BCUT2D eigenvalue weighted by Crippen LogP contribution is 2.20. The number of aromatic carboxylic acids is 1. The fourth-order valence-electron chi connectivity index (χ4n) is 2.46. The van der Waals surface area contributed by atoms with Crippen molar-refractivity contribution in [1.29, 1.82) is 0 Å². The third-order valence-corrected chi connectivity index (χ3v) is 3.82. The monoisotopic (exact) mass is 372 g/mol. The molecule has 0 heterocycles. The van der Waals surface area contributed by atoms with Gasteiger partial charge in [0, 0.05) is 17.7 Å². The van der Waals surface area contributed by atoms with E-state index in [1.165, 1.54) is 18.2 Å². The SMILES string of the molecule is Cc1cc(C(=O)Nc2ccc(C(=O)O)cc2F)ccc1NC(=O)CC(C)C. The van der Waals surface area contributed by atoms with Crippen LogP contribution in [0.1, 0.15) is 46.5 Å². The number of benzene rings is 2. The van der Waals surface area contributed by atoms with E-state index in [1.54, 1.807) is 19.1 Å². The molecule has 0 bridgehead atoms. The predicted octanol–water partition coefficient (Wildman–Crippen LogP) is 4.07. The Kier molecular flexibility index (Phi) is 6.28. The third-order valence-electron chi connectivity index (χ3n) is 3.82. The molecule has 2 aromatic carbocycles. The highest BCUT2D eigenvalue weighted by atomic mass is 19.1. The fraction of sp³-hybridized carbons (Fsp3) is 0.250. The predicted molar refractivity (Wildman–Crippen MR) is 101 cm³/mol. The molecule has 0 aliphatic rings. The topological polar surface area (TPSA) is 95.5 Å². The number of rotatable bonds is 6. The molecule has 0 unspecified atom stereocenters. The molecule has 2 rings (SSSR count). The Hall–Kier alpha value is -3.22. The third kappa shape index (κ3) is 5.37. The van der Waals surface area contributed by atoms with Crippen molar-refractivity contribution in [2.75, 3.05) is 10.6 Å². The molecule has 0 aliphatic carbocycles. The first-order valence-corrected chi connectivity index (χ1v) is 8.42. The van der Waals surface area contributed by atoms with Crippen LogP contribution in [0.3, 0.4) is 0 Å². The Balaban J connectivity index is 2.12. The van der Waals surface area contributed by atoms with Gasteiger partial charge in [-0.05, 0) is 54.8 Å². The maximum absolute atomic E-state index is 14.0. The number of carbonyl (C=O) groups excluding carboxylic acids is 2. The first-order chi connectivity index (χ1) is 12.7. The van der Waals surface area contributed by atoms with Gasteiger partial charge in [-0.15, -0.1) is 0 Å². The zero-order valence-electron chi connectivity index (χ0n) is 15.3. The van der Waals surface area contributed by atoms with Gasteiger partial charge in [0.15, 0.2) is 0 Å². The van der Waals surface area contributed by atoms with Crippen molar-refractivity contribution in [1.82, 2.24) is 0 Å². The Morgan fingerprint density at radius 1 is 1.00 bits per heavy atom. The number of nitrogens with one attached hydrogen (secondary N) is 2. The summed E-state index contributed by atoms with van der Waals surface area (Å²) in [5, 5.41) is 14.1. The fourth-order valence-corrected chi connectivity index (χ4v) is 2.46. The maximum Gasteiger partial charge on any atom is 0.335 e. The van der Waals surface area contributed by atoms with Crippen LogP contribution in [0.4, 0.5) is 15.8 Å². The number of carboxylic acids is 1. The van der Waals surface area contributed by atoms with Crippen molar-refractivity contribution in [3.63, 3.8) is 0 Å². The van der Waals surface area contributed by atoms with Crippen LogP contribution in [0, 0.1) is 18.7 Å². The van der Waals surface area contributed by atoms with Gasteiger partial charge < -0.3 is 15.7 Å². The summed E-state index contributed by atoms with van der Waals surface area (Å²) in [7, 11) is 0. The molecule has 0 radical (unpaired) electrons. The number of halogens is 1. The maximum atomic E-state index is 14.0. The average Bonchev–Trinajstić information content (AvgIpc) is 2.57. The van der Waals surface area contributed by atoms with Gasteiger partial charge in [-0.3, -0.25) is 9.59 Å². The smallest absolute Gasteiger partial charge is 0.335 e. The lowest BCUT2D eigenvalue weighted by Gasteiger charge is -2.12. The summed E-state index contributed by atoms with van der Waals surface area (Å²) in [6.07, 6.45) is 0.396. The first-order valence-electron chi connectivity index (χ1n) is 8.42. The lowest BCUT2D eigenvalue weighted by atomic mass is 10.1. The summed E-state index contributed by atoms with van der Waals surface area (Å²) in [6, 6.07) is 7.98. The number of carbonyl (C=O) groups is 3. The first kappa shape index (κ1) is 20.1. The number of hydrogen-bond donors (Lipinski definition) is 3. The number of amides is 2. The lowest BCUT2D eigenvalue weighted by Crippen LogP contribution is -2.16. The lowest BCUT2D eigenvalue weighted by molar-refractivity contribution is -0.116. The van der Waals surface area contributed by atoms with Crippen LogP contribution in [-0.4, -0.2) is 22.9 Å². The molecule has 2 amide bonds. The Morgan fingerprint density at radius 3 is 2.19 bits per heavy atom. The summed E-state index contributed by atoms with van der Waals surface area (Å²) in [5.41, 5.74) is 1.27. The largest absolute Gasteiger partial charge is 0.478 e. The number of aryl methyl sites for hydroxylation is 1. The van der Waals surface area contributed by atoms with Crippen molar-refractivity contribution in [3.05, 3.63) is 58.9 Å². The van der Waals surface area contributed by atoms with E-state index in [0.29, 0.717) is 17.7 Å². The van der Waals surface area contributed by atoms with Crippen LogP contribution in [0.2, 0.25) is 0 Å². The minimum Gasteiger partial charge on any atom is -0.478 e. The second kappa shape index (κ2) is 8.44. The minimum absolute atomic E-state index is 0.106. The number of anilines is 2.